The van der Waals surface area contributed by atoms with Gasteiger partial charge in [-0.25, -0.2) is 14.4 Å². The van der Waals surface area contributed by atoms with E-state index in [4.69, 9.17) is 0 Å². The fraction of sp³-hybridized carbons (Fsp3) is 0.167. The van der Waals surface area contributed by atoms with Crippen LogP contribution in [-0.4, -0.2) is 23.3 Å². The summed E-state index contributed by atoms with van der Waals surface area (Å²) in [5.74, 6) is 1.15. The number of hydrogen-bond acceptors (Lipinski definition) is 5. The molecular formula is C12H13FN4S. The number of rotatable bonds is 4. The summed E-state index contributed by atoms with van der Waals surface area (Å²) in [6.45, 7) is 0. The first-order valence-electron chi connectivity index (χ1n) is 5.34. The van der Waals surface area contributed by atoms with Gasteiger partial charge in [-0.3, -0.25) is 0 Å². The van der Waals surface area contributed by atoms with Crippen molar-refractivity contribution in [2.75, 3.05) is 23.9 Å². The minimum Gasteiger partial charge on any atom is -0.373 e. The summed E-state index contributed by atoms with van der Waals surface area (Å²) in [6, 6.07) is 7.92. The van der Waals surface area contributed by atoms with Crippen molar-refractivity contribution in [3.05, 3.63) is 36.1 Å². The Balaban J connectivity index is 2.25. The van der Waals surface area contributed by atoms with Gasteiger partial charge in [0.15, 0.2) is 5.16 Å². The molecule has 18 heavy (non-hydrogen) atoms. The Bertz CT molecular complexity index is 508. The second kappa shape index (κ2) is 5.68. The summed E-state index contributed by atoms with van der Waals surface area (Å²) in [5.41, 5.74) is 0.782. The highest BCUT2D eigenvalue weighted by Gasteiger charge is 2.03. The number of nitrogens with one attached hydrogen (secondary N) is 2. The van der Waals surface area contributed by atoms with E-state index in [2.05, 4.69) is 20.6 Å². The molecule has 0 amide bonds. The van der Waals surface area contributed by atoms with Crippen LogP contribution >= 0.6 is 11.8 Å². The molecule has 0 unspecified atom stereocenters. The summed E-state index contributed by atoms with van der Waals surface area (Å²) < 4.78 is 12.8. The van der Waals surface area contributed by atoms with Gasteiger partial charge in [-0.15, -0.1) is 0 Å². The molecule has 1 heterocycles. The van der Waals surface area contributed by atoms with Gasteiger partial charge in [0.1, 0.15) is 17.5 Å². The second-order valence-electron chi connectivity index (χ2n) is 3.51. The van der Waals surface area contributed by atoms with Gasteiger partial charge in [0.05, 0.1) is 0 Å². The molecule has 0 atom stereocenters. The van der Waals surface area contributed by atoms with Crippen LogP contribution in [0.3, 0.4) is 0 Å². The molecule has 0 aliphatic carbocycles. The number of aromatic nitrogens is 2. The van der Waals surface area contributed by atoms with E-state index in [1.165, 1.54) is 23.9 Å². The van der Waals surface area contributed by atoms with Crippen LogP contribution in [0.4, 0.5) is 21.7 Å². The number of benzene rings is 1. The highest BCUT2D eigenvalue weighted by Crippen LogP contribution is 2.20. The third-order valence-electron chi connectivity index (χ3n) is 2.26. The van der Waals surface area contributed by atoms with Gasteiger partial charge in [-0.1, -0.05) is 11.8 Å². The molecule has 0 bridgehead atoms. The molecule has 2 rings (SSSR count). The van der Waals surface area contributed by atoms with E-state index >= 15 is 0 Å². The van der Waals surface area contributed by atoms with Gasteiger partial charge >= 0.3 is 0 Å². The van der Waals surface area contributed by atoms with Crippen LogP contribution in [0.1, 0.15) is 0 Å². The smallest absolute Gasteiger partial charge is 0.191 e. The largest absolute Gasteiger partial charge is 0.373 e. The summed E-state index contributed by atoms with van der Waals surface area (Å²) in [6.07, 6.45) is 1.91. The number of anilines is 3. The lowest BCUT2D eigenvalue weighted by atomic mass is 10.3. The van der Waals surface area contributed by atoms with Crippen LogP contribution in [0.5, 0.6) is 0 Å². The molecule has 0 aliphatic heterocycles. The molecular weight excluding hydrogens is 251 g/mol. The van der Waals surface area contributed by atoms with Crippen molar-refractivity contribution in [2.24, 2.45) is 0 Å². The SMILES string of the molecule is CNc1cc(Nc2ccc(F)cc2)nc(SC)n1. The van der Waals surface area contributed by atoms with E-state index in [1.807, 2.05) is 6.26 Å². The maximum Gasteiger partial charge on any atom is 0.191 e. The third-order valence-corrected chi connectivity index (χ3v) is 2.81. The van der Waals surface area contributed by atoms with E-state index in [0.29, 0.717) is 11.0 Å². The maximum atomic E-state index is 12.8. The molecule has 1 aromatic carbocycles. The van der Waals surface area contributed by atoms with Gasteiger partial charge < -0.3 is 10.6 Å². The van der Waals surface area contributed by atoms with Crippen molar-refractivity contribution in [3.8, 4) is 0 Å². The topological polar surface area (TPSA) is 49.8 Å². The predicted molar refractivity (Wildman–Crippen MR) is 73.0 cm³/mol. The van der Waals surface area contributed by atoms with E-state index < -0.39 is 0 Å². The van der Waals surface area contributed by atoms with Crippen LogP contribution in [0, 0.1) is 5.82 Å². The molecule has 0 saturated heterocycles. The molecule has 0 saturated carbocycles. The van der Waals surface area contributed by atoms with Crippen LogP contribution < -0.4 is 10.6 Å². The maximum absolute atomic E-state index is 12.8. The van der Waals surface area contributed by atoms with Crippen LogP contribution in [0.15, 0.2) is 35.5 Å². The fourth-order valence-corrected chi connectivity index (χ4v) is 1.77. The van der Waals surface area contributed by atoms with E-state index in [9.17, 15) is 4.39 Å². The Morgan fingerprint density at radius 1 is 1.11 bits per heavy atom. The molecule has 4 nitrogen and oxygen atoms in total. The predicted octanol–water partition coefficient (Wildman–Crippen LogP) is 3.12. The van der Waals surface area contributed by atoms with Crippen molar-refractivity contribution in [1.29, 1.82) is 0 Å². The Morgan fingerprint density at radius 3 is 2.39 bits per heavy atom. The van der Waals surface area contributed by atoms with Crippen LogP contribution in [0.2, 0.25) is 0 Å². The minimum absolute atomic E-state index is 0.260. The Kier molecular flexibility index (Phi) is 3.99. The first-order valence-corrected chi connectivity index (χ1v) is 6.57. The van der Waals surface area contributed by atoms with Gasteiger partial charge in [-0.05, 0) is 30.5 Å². The molecule has 2 aromatic rings. The van der Waals surface area contributed by atoms with Gasteiger partial charge in [0, 0.05) is 18.8 Å². The zero-order chi connectivity index (χ0) is 13.0. The minimum atomic E-state index is -0.260. The number of halogens is 1. The number of thioether (sulfide) groups is 1. The summed E-state index contributed by atoms with van der Waals surface area (Å²) >= 11 is 1.46. The molecule has 0 fully saturated rings. The molecule has 0 radical (unpaired) electrons. The van der Waals surface area contributed by atoms with Crippen molar-refractivity contribution in [3.63, 3.8) is 0 Å². The average molecular weight is 264 g/mol. The molecule has 2 N–H and O–H groups in total. The highest BCUT2D eigenvalue weighted by molar-refractivity contribution is 7.98. The van der Waals surface area contributed by atoms with E-state index in [-0.39, 0.29) is 5.82 Å². The summed E-state index contributed by atoms with van der Waals surface area (Å²) in [4.78, 5) is 8.59. The quantitative estimate of drug-likeness (QED) is 0.656. The van der Waals surface area contributed by atoms with E-state index in [1.54, 1.807) is 25.2 Å². The zero-order valence-corrected chi connectivity index (χ0v) is 10.9. The lowest BCUT2D eigenvalue weighted by molar-refractivity contribution is 0.628. The highest BCUT2D eigenvalue weighted by atomic mass is 32.2. The third kappa shape index (κ3) is 3.10. The van der Waals surface area contributed by atoms with Crippen LogP contribution in [-0.2, 0) is 0 Å². The van der Waals surface area contributed by atoms with Crippen molar-refractivity contribution < 1.29 is 4.39 Å². The zero-order valence-electron chi connectivity index (χ0n) is 10.1. The average Bonchev–Trinajstić information content (AvgIpc) is 2.41. The molecule has 1 aromatic heterocycles. The molecule has 94 valence electrons. The Morgan fingerprint density at radius 2 is 1.78 bits per heavy atom. The molecule has 0 spiro atoms. The normalized spacial score (nSPS) is 10.2. The first-order chi connectivity index (χ1) is 8.71. The van der Waals surface area contributed by atoms with Crippen molar-refractivity contribution in [1.82, 2.24) is 9.97 Å². The van der Waals surface area contributed by atoms with E-state index in [0.717, 1.165) is 11.5 Å². The summed E-state index contributed by atoms with van der Waals surface area (Å²) in [7, 11) is 1.80. The first kappa shape index (κ1) is 12.6. The van der Waals surface area contributed by atoms with Crippen molar-refractivity contribution in [2.45, 2.75) is 5.16 Å². The van der Waals surface area contributed by atoms with Gasteiger partial charge in [0.2, 0.25) is 0 Å². The standard InChI is InChI=1S/C12H13FN4S/c1-14-10-7-11(17-12(16-10)18-2)15-9-5-3-8(13)4-6-9/h3-7H,1-2H3,(H2,14,15,16,17). The Hall–Kier alpha value is -1.82. The fourth-order valence-electron chi connectivity index (χ4n) is 1.39. The second-order valence-corrected chi connectivity index (χ2v) is 4.28. The monoisotopic (exact) mass is 264 g/mol. The number of hydrogen-bond donors (Lipinski definition) is 2. The summed E-state index contributed by atoms with van der Waals surface area (Å²) in [5, 5.41) is 6.75. The lowest BCUT2D eigenvalue weighted by Gasteiger charge is -2.08. The lowest BCUT2D eigenvalue weighted by Crippen LogP contribution is -2.00. The van der Waals surface area contributed by atoms with Gasteiger partial charge in [-0.2, -0.15) is 0 Å². The van der Waals surface area contributed by atoms with Crippen molar-refractivity contribution >= 4 is 29.1 Å². The molecule has 6 heteroatoms. The molecule has 0 aliphatic rings. The van der Waals surface area contributed by atoms with Gasteiger partial charge in [0.25, 0.3) is 0 Å². The number of nitrogens with zero attached hydrogens (tertiary/aromatic N) is 2. The van der Waals surface area contributed by atoms with Crippen LogP contribution in [0.25, 0.3) is 0 Å². The Labute approximate surface area is 109 Å².